The van der Waals surface area contributed by atoms with Gasteiger partial charge in [0.2, 0.25) is 0 Å². The maximum atomic E-state index is 12.5. The Morgan fingerprint density at radius 1 is 1.44 bits per heavy atom. The number of thioether (sulfide) groups is 2. The predicted molar refractivity (Wildman–Crippen MR) is 79.6 cm³/mol. The molecular weight excluding hydrogens is 264 g/mol. The summed E-state index contributed by atoms with van der Waals surface area (Å²) in [6.45, 7) is 5.17. The summed E-state index contributed by atoms with van der Waals surface area (Å²) >= 11 is 3.76. The Bertz CT molecular complexity index is 405. The van der Waals surface area contributed by atoms with Gasteiger partial charge in [0.1, 0.15) is 0 Å². The van der Waals surface area contributed by atoms with Crippen LogP contribution >= 0.6 is 23.5 Å². The molecule has 0 aromatic carbocycles. The fourth-order valence-electron chi connectivity index (χ4n) is 2.15. The quantitative estimate of drug-likeness (QED) is 0.778. The van der Waals surface area contributed by atoms with Crippen molar-refractivity contribution in [2.75, 3.05) is 11.5 Å². The maximum absolute atomic E-state index is 12.5. The predicted octanol–water partition coefficient (Wildman–Crippen LogP) is 3.10. The average molecular weight is 284 g/mol. The van der Waals surface area contributed by atoms with Gasteiger partial charge < -0.3 is 0 Å². The normalized spacial score (nSPS) is 24.1. The van der Waals surface area contributed by atoms with E-state index in [0.717, 1.165) is 30.7 Å². The van der Waals surface area contributed by atoms with Crippen LogP contribution in [0.15, 0.2) is 12.4 Å². The van der Waals surface area contributed by atoms with Crippen LogP contribution in [0.5, 0.6) is 0 Å². The van der Waals surface area contributed by atoms with Gasteiger partial charge in [-0.25, -0.2) is 0 Å². The first-order valence-electron chi connectivity index (χ1n) is 6.56. The number of aryl methyl sites for hydroxylation is 1. The van der Waals surface area contributed by atoms with Crippen LogP contribution in [0.25, 0.3) is 0 Å². The number of Topliss-reactive ketones (excluding diaryl/α,β-unsaturated/α-hetero) is 1. The maximum Gasteiger partial charge on any atom is 0.180 e. The van der Waals surface area contributed by atoms with E-state index in [1.807, 2.05) is 34.4 Å². The topological polar surface area (TPSA) is 34.9 Å². The van der Waals surface area contributed by atoms with Crippen LogP contribution in [0, 0.1) is 0 Å². The monoisotopic (exact) mass is 284 g/mol. The number of ketones is 1. The van der Waals surface area contributed by atoms with Gasteiger partial charge in [0, 0.05) is 29.5 Å². The number of hydrogen-bond acceptors (Lipinski definition) is 4. The van der Waals surface area contributed by atoms with Crippen LogP contribution in [0.3, 0.4) is 0 Å². The Balaban J connectivity index is 2.08. The lowest BCUT2D eigenvalue weighted by Gasteiger charge is -2.28. The van der Waals surface area contributed by atoms with Crippen molar-refractivity contribution in [1.82, 2.24) is 9.78 Å². The molecule has 1 aromatic heterocycles. The largest absolute Gasteiger partial charge is 0.293 e. The summed E-state index contributed by atoms with van der Waals surface area (Å²) in [4.78, 5) is 12.5. The summed E-state index contributed by atoms with van der Waals surface area (Å²) in [7, 11) is 0. The number of aromatic nitrogens is 2. The molecule has 5 heteroatoms. The van der Waals surface area contributed by atoms with Crippen molar-refractivity contribution in [3.63, 3.8) is 0 Å². The van der Waals surface area contributed by atoms with E-state index in [1.54, 1.807) is 6.20 Å². The van der Waals surface area contributed by atoms with Crippen LogP contribution in [-0.4, -0.2) is 37.6 Å². The molecule has 0 N–H and O–H groups in total. The van der Waals surface area contributed by atoms with Gasteiger partial charge in [-0.15, -0.1) is 11.8 Å². The van der Waals surface area contributed by atoms with Crippen molar-refractivity contribution < 1.29 is 4.79 Å². The van der Waals surface area contributed by atoms with Gasteiger partial charge in [-0.3, -0.25) is 9.48 Å². The zero-order valence-corrected chi connectivity index (χ0v) is 12.6. The van der Waals surface area contributed by atoms with Crippen LogP contribution < -0.4 is 0 Å². The highest BCUT2D eigenvalue weighted by molar-refractivity contribution is 8.07. The minimum Gasteiger partial charge on any atom is -0.293 e. The molecule has 0 radical (unpaired) electrons. The number of nitrogens with zero attached hydrogens (tertiary/aromatic N) is 2. The molecule has 1 aromatic rings. The van der Waals surface area contributed by atoms with Crippen molar-refractivity contribution in [2.24, 2.45) is 0 Å². The Labute approximate surface area is 117 Å². The molecule has 0 amide bonds. The van der Waals surface area contributed by atoms with Gasteiger partial charge in [-0.1, -0.05) is 13.8 Å². The molecule has 1 aliphatic heterocycles. The number of hydrogen-bond donors (Lipinski definition) is 0. The van der Waals surface area contributed by atoms with Gasteiger partial charge in [-0.2, -0.15) is 16.9 Å². The van der Waals surface area contributed by atoms with Gasteiger partial charge in [0.15, 0.2) is 5.78 Å². The van der Waals surface area contributed by atoms with E-state index in [2.05, 4.69) is 18.9 Å². The molecule has 1 saturated heterocycles. The summed E-state index contributed by atoms with van der Waals surface area (Å²) in [6, 6.07) is 0. The molecule has 0 spiro atoms. The van der Waals surface area contributed by atoms with Crippen molar-refractivity contribution in [3.8, 4) is 0 Å². The van der Waals surface area contributed by atoms with Gasteiger partial charge in [0.25, 0.3) is 0 Å². The molecule has 2 atom stereocenters. The summed E-state index contributed by atoms with van der Waals surface area (Å²) < 4.78 is 1.87. The standard InChI is InChI=1S/C13H20N2OS2/c1-3-5-15-9-10(8-14-15)12(16)13-11(4-2)17-6-7-18-13/h8-9,11,13H,3-7H2,1-2H3. The second-order valence-electron chi connectivity index (χ2n) is 4.47. The molecule has 2 unspecified atom stereocenters. The van der Waals surface area contributed by atoms with E-state index in [4.69, 9.17) is 0 Å². The minimum atomic E-state index is 0.119. The zero-order valence-electron chi connectivity index (χ0n) is 11.0. The fraction of sp³-hybridized carbons (Fsp3) is 0.692. The van der Waals surface area contributed by atoms with E-state index in [1.165, 1.54) is 5.75 Å². The molecule has 0 aliphatic carbocycles. The summed E-state index contributed by atoms with van der Waals surface area (Å²) in [5.41, 5.74) is 0.780. The molecule has 2 heterocycles. The van der Waals surface area contributed by atoms with E-state index >= 15 is 0 Å². The first-order chi connectivity index (χ1) is 8.76. The van der Waals surface area contributed by atoms with Gasteiger partial charge >= 0.3 is 0 Å². The number of carbonyl (C=O) groups excluding carboxylic acids is 1. The van der Waals surface area contributed by atoms with Crippen LogP contribution in [-0.2, 0) is 6.54 Å². The number of rotatable bonds is 5. The fourth-order valence-corrected chi connectivity index (χ4v) is 5.18. The summed E-state index contributed by atoms with van der Waals surface area (Å²) in [5, 5.41) is 4.83. The first-order valence-corrected chi connectivity index (χ1v) is 8.65. The van der Waals surface area contributed by atoms with Crippen molar-refractivity contribution in [2.45, 2.75) is 43.7 Å². The van der Waals surface area contributed by atoms with Gasteiger partial charge in [-0.05, 0) is 12.8 Å². The van der Waals surface area contributed by atoms with Crippen molar-refractivity contribution in [1.29, 1.82) is 0 Å². The van der Waals surface area contributed by atoms with Crippen LogP contribution in [0.1, 0.15) is 37.0 Å². The highest BCUT2D eigenvalue weighted by Gasteiger charge is 2.32. The molecule has 18 heavy (non-hydrogen) atoms. The second kappa shape index (κ2) is 6.66. The zero-order chi connectivity index (χ0) is 13.0. The van der Waals surface area contributed by atoms with Crippen molar-refractivity contribution >= 4 is 29.3 Å². The third-order valence-electron chi connectivity index (χ3n) is 3.08. The van der Waals surface area contributed by atoms with Crippen LogP contribution in [0.2, 0.25) is 0 Å². The summed E-state index contributed by atoms with van der Waals surface area (Å²) in [6.07, 6.45) is 5.74. The van der Waals surface area contributed by atoms with Crippen molar-refractivity contribution in [3.05, 3.63) is 18.0 Å². The highest BCUT2D eigenvalue weighted by atomic mass is 32.2. The SMILES string of the molecule is CCCn1cc(C(=O)C2SCCSC2CC)cn1. The second-order valence-corrected chi connectivity index (χ2v) is 7.06. The minimum absolute atomic E-state index is 0.119. The third-order valence-corrected chi connectivity index (χ3v) is 6.33. The molecule has 0 saturated carbocycles. The molecule has 2 rings (SSSR count). The summed E-state index contributed by atoms with van der Waals surface area (Å²) in [5.74, 6) is 2.52. The van der Waals surface area contributed by atoms with E-state index in [-0.39, 0.29) is 11.0 Å². The third kappa shape index (κ3) is 3.12. The average Bonchev–Trinajstić information content (AvgIpc) is 2.87. The lowest BCUT2D eigenvalue weighted by Crippen LogP contribution is -2.32. The Hall–Kier alpha value is -0.420. The Kier molecular flexibility index (Phi) is 5.18. The number of carbonyl (C=O) groups is 1. The molecular formula is C13H20N2OS2. The molecule has 100 valence electrons. The van der Waals surface area contributed by atoms with Gasteiger partial charge in [0.05, 0.1) is 17.0 Å². The Morgan fingerprint density at radius 2 is 2.22 bits per heavy atom. The van der Waals surface area contributed by atoms with E-state index in [9.17, 15) is 4.79 Å². The van der Waals surface area contributed by atoms with E-state index in [0.29, 0.717) is 5.25 Å². The first kappa shape index (κ1) is 14.0. The highest BCUT2D eigenvalue weighted by Crippen LogP contribution is 2.35. The molecule has 1 aliphatic rings. The van der Waals surface area contributed by atoms with E-state index < -0.39 is 0 Å². The lowest BCUT2D eigenvalue weighted by molar-refractivity contribution is 0.0988. The lowest BCUT2D eigenvalue weighted by atomic mass is 10.1. The van der Waals surface area contributed by atoms with Crippen LogP contribution in [0.4, 0.5) is 0 Å². The molecule has 1 fully saturated rings. The molecule has 3 nitrogen and oxygen atoms in total. The molecule has 0 bridgehead atoms. The Morgan fingerprint density at radius 3 is 2.94 bits per heavy atom. The smallest absolute Gasteiger partial charge is 0.180 e.